The van der Waals surface area contributed by atoms with Gasteiger partial charge in [0.25, 0.3) is 0 Å². The molecule has 0 amide bonds. The lowest BCUT2D eigenvalue weighted by molar-refractivity contribution is 0.0356. The van der Waals surface area contributed by atoms with Crippen molar-refractivity contribution >= 4 is 0 Å². The van der Waals surface area contributed by atoms with Crippen molar-refractivity contribution in [1.82, 2.24) is 0 Å². The van der Waals surface area contributed by atoms with Crippen LogP contribution in [-0.2, 0) is 4.74 Å². The molecule has 0 aromatic carbocycles. The molecular formula is C13H25NO. The van der Waals surface area contributed by atoms with Crippen LogP contribution in [0.15, 0.2) is 0 Å². The minimum absolute atomic E-state index is 0.360. The van der Waals surface area contributed by atoms with Crippen LogP contribution in [0, 0.1) is 17.3 Å². The quantitative estimate of drug-likeness (QED) is 0.758. The Hall–Kier alpha value is -0.0800. The van der Waals surface area contributed by atoms with Gasteiger partial charge in [0.1, 0.15) is 0 Å². The lowest BCUT2D eigenvalue weighted by Gasteiger charge is -2.37. The molecule has 2 aliphatic carbocycles. The van der Waals surface area contributed by atoms with Gasteiger partial charge in [0.15, 0.2) is 0 Å². The zero-order chi connectivity index (χ0) is 10.9. The molecule has 2 fully saturated rings. The van der Waals surface area contributed by atoms with E-state index in [0.717, 1.165) is 25.0 Å². The molecule has 2 N–H and O–H groups in total. The summed E-state index contributed by atoms with van der Waals surface area (Å²) in [5, 5.41) is 0. The number of hydrogen-bond acceptors (Lipinski definition) is 2. The van der Waals surface area contributed by atoms with Gasteiger partial charge >= 0.3 is 0 Å². The third-order valence-electron chi connectivity index (χ3n) is 4.56. The van der Waals surface area contributed by atoms with Crippen molar-refractivity contribution < 1.29 is 4.74 Å². The van der Waals surface area contributed by atoms with Gasteiger partial charge in [-0.15, -0.1) is 0 Å². The van der Waals surface area contributed by atoms with Gasteiger partial charge in [-0.25, -0.2) is 0 Å². The third kappa shape index (κ3) is 2.21. The highest BCUT2D eigenvalue weighted by molar-refractivity contribution is 5.00. The first-order chi connectivity index (χ1) is 7.16. The highest BCUT2D eigenvalue weighted by atomic mass is 16.5. The summed E-state index contributed by atoms with van der Waals surface area (Å²) in [6.45, 7) is 5.99. The monoisotopic (exact) mass is 211 g/mol. The molecule has 2 saturated carbocycles. The van der Waals surface area contributed by atoms with Crippen molar-refractivity contribution in [2.24, 2.45) is 23.0 Å². The Morgan fingerprint density at radius 2 is 2.20 bits per heavy atom. The summed E-state index contributed by atoms with van der Waals surface area (Å²) in [5.41, 5.74) is 6.46. The van der Waals surface area contributed by atoms with Crippen molar-refractivity contribution in [2.45, 2.75) is 52.1 Å². The average Bonchev–Trinajstić information content (AvgIpc) is 2.77. The van der Waals surface area contributed by atoms with E-state index in [-0.39, 0.29) is 0 Å². The second-order valence-electron chi connectivity index (χ2n) is 5.82. The van der Waals surface area contributed by atoms with Crippen molar-refractivity contribution in [2.75, 3.05) is 13.2 Å². The van der Waals surface area contributed by atoms with Crippen LogP contribution >= 0.6 is 0 Å². The summed E-state index contributed by atoms with van der Waals surface area (Å²) in [6, 6.07) is 0. The number of nitrogens with two attached hydrogens (primary N) is 1. The fourth-order valence-corrected chi connectivity index (χ4v) is 3.71. The van der Waals surface area contributed by atoms with E-state index < -0.39 is 0 Å². The Kier molecular flexibility index (Phi) is 3.36. The molecule has 15 heavy (non-hydrogen) atoms. The highest BCUT2D eigenvalue weighted by Gasteiger charge is 2.49. The molecule has 2 rings (SSSR count). The molecule has 2 bridgehead atoms. The van der Waals surface area contributed by atoms with Crippen LogP contribution in [0.1, 0.15) is 46.0 Å². The van der Waals surface area contributed by atoms with Gasteiger partial charge in [0, 0.05) is 6.61 Å². The first kappa shape index (κ1) is 11.4. The number of rotatable bonds is 5. The molecule has 0 aromatic heterocycles. The van der Waals surface area contributed by atoms with Gasteiger partial charge in [-0.3, -0.25) is 0 Å². The van der Waals surface area contributed by atoms with Gasteiger partial charge in [-0.1, -0.05) is 6.42 Å². The molecule has 0 radical (unpaired) electrons. The molecule has 3 unspecified atom stereocenters. The number of hydrogen-bond donors (Lipinski definition) is 1. The molecule has 2 heteroatoms. The van der Waals surface area contributed by atoms with Gasteiger partial charge in [-0.05, 0) is 63.3 Å². The van der Waals surface area contributed by atoms with E-state index in [2.05, 4.69) is 13.8 Å². The van der Waals surface area contributed by atoms with E-state index in [4.69, 9.17) is 10.5 Å². The van der Waals surface area contributed by atoms with E-state index in [9.17, 15) is 0 Å². The number of ether oxygens (including phenoxy) is 1. The minimum atomic E-state index is 0.360. The van der Waals surface area contributed by atoms with E-state index in [1.807, 2.05) is 0 Å². The minimum Gasteiger partial charge on any atom is -0.379 e. The van der Waals surface area contributed by atoms with E-state index in [0.29, 0.717) is 11.5 Å². The normalized spacial score (nSPS) is 39.2. The summed E-state index contributed by atoms with van der Waals surface area (Å²) in [7, 11) is 0. The van der Waals surface area contributed by atoms with Crippen LogP contribution < -0.4 is 5.73 Å². The maximum Gasteiger partial charge on any atom is 0.0518 e. The summed E-state index contributed by atoms with van der Waals surface area (Å²) < 4.78 is 5.68. The van der Waals surface area contributed by atoms with Gasteiger partial charge in [0.05, 0.1) is 6.10 Å². The predicted octanol–water partition coefficient (Wildman–Crippen LogP) is 2.57. The Balaban J connectivity index is 1.86. The maximum atomic E-state index is 6.02. The standard InChI is InChI=1S/C13H25NO/c1-10(2)15-6-5-13(9-14)8-11-3-4-12(13)7-11/h10-12H,3-9,14H2,1-2H3. The number of fused-ring (bicyclic) bond motifs is 2. The third-order valence-corrected chi connectivity index (χ3v) is 4.56. The SMILES string of the molecule is CC(C)OCCC1(CN)CC2CCC1C2. The van der Waals surface area contributed by atoms with Crippen molar-refractivity contribution in [3.8, 4) is 0 Å². The zero-order valence-corrected chi connectivity index (χ0v) is 10.2. The second-order valence-corrected chi connectivity index (χ2v) is 5.82. The fourth-order valence-electron chi connectivity index (χ4n) is 3.71. The van der Waals surface area contributed by atoms with Crippen LogP contribution in [0.2, 0.25) is 0 Å². The zero-order valence-electron chi connectivity index (χ0n) is 10.2. The van der Waals surface area contributed by atoms with Gasteiger partial charge in [0.2, 0.25) is 0 Å². The molecule has 2 nitrogen and oxygen atoms in total. The summed E-state index contributed by atoms with van der Waals surface area (Å²) in [5.74, 6) is 1.89. The Bertz CT molecular complexity index is 217. The lowest BCUT2D eigenvalue weighted by atomic mass is 9.71. The smallest absolute Gasteiger partial charge is 0.0518 e. The van der Waals surface area contributed by atoms with Crippen LogP contribution in [0.25, 0.3) is 0 Å². The molecule has 2 aliphatic rings. The average molecular weight is 211 g/mol. The first-order valence-corrected chi connectivity index (χ1v) is 6.48. The molecule has 0 spiro atoms. The van der Waals surface area contributed by atoms with Crippen molar-refractivity contribution in [3.63, 3.8) is 0 Å². The summed E-state index contributed by atoms with van der Waals surface area (Å²) in [4.78, 5) is 0. The summed E-state index contributed by atoms with van der Waals surface area (Å²) in [6.07, 6.45) is 7.23. The molecule has 88 valence electrons. The summed E-state index contributed by atoms with van der Waals surface area (Å²) >= 11 is 0. The van der Waals surface area contributed by atoms with Crippen LogP contribution in [0.3, 0.4) is 0 Å². The van der Waals surface area contributed by atoms with Crippen LogP contribution in [0.5, 0.6) is 0 Å². The largest absolute Gasteiger partial charge is 0.379 e. The molecule has 3 atom stereocenters. The molecule has 0 aromatic rings. The van der Waals surface area contributed by atoms with E-state index in [1.54, 1.807) is 0 Å². The molecular weight excluding hydrogens is 186 g/mol. The second kappa shape index (κ2) is 4.42. The topological polar surface area (TPSA) is 35.2 Å². The van der Waals surface area contributed by atoms with E-state index >= 15 is 0 Å². The van der Waals surface area contributed by atoms with Crippen LogP contribution in [-0.4, -0.2) is 19.3 Å². The molecule has 0 saturated heterocycles. The highest BCUT2D eigenvalue weighted by Crippen LogP contribution is 2.57. The Morgan fingerprint density at radius 3 is 2.67 bits per heavy atom. The van der Waals surface area contributed by atoms with Crippen LogP contribution in [0.4, 0.5) is 0 Å². The first-order valence-electron chi connectivity index (χ1n) is 6.48. The predicted molar refractivity (Wildman–Crippen MR) is 62.6 cm³/mol. The van der Waals surface area contributed by atoms with Gasteiger partial charge in [-0.2, -0.15) is 0 Å². The maximum absolute atomic E-state index is 6.02. The Morgan fingerprint density at radius 1 is 1.40 bits per heavy atom. The lowest BCUT2D eigenvalue weighted by Crippen LogP contribution is -2.37. The van der Waals surface area contributed by atoms with Crippen molar-refractivity contribution in [3.05, 3.63) is 0 Å². The van der Waals surface area contributed by atoms with E-state index in [1.165, 1.54) is 32.1 Å². The molecule has 0 aliphatic heterocycles. The Labute approximate surface area is 93.6 Å². The fraction of sp³-hybridized carbons (Fsp3) is 1.00. The van der Waals surface area contributed by atoms with Crippen molar-refractivity contribution in [1.29, 1.82) is 0 Å². The van der Waals surface area contributed by atoms with Gasteiger partial charge < -0.3 is 10.5 Å². The molecule has 0 heterocycles.